The van der Waals surface area contributed by atoms with Gasteiger partial charge in [-0.05, 0) is 36.6 Å². The second-order valence-electron chi connectivity index (χ2n) is 4.89. The van der Waals surface area contributed by atoms with E-state index in [9.17, 15) is 13.6 Å². The van der Waals surface area contributed by atoms with E-state index in [2.05, 4.69) is 0 Å². The van der Waals surface area contributed by atoms with Gasteiger partial charge in [-0.15, -0.1) is 0 Å². The zero-order valence-corrected chi connectivity index (χ0v) is 12.2. The average Bonchev–Trinajstić information content (AvgIpc) is 2.47. The van der Waals surface area contributed by atoms with Crippen molar-refractivity contribution < 1.29 is 18.3 Å². The predicted molar refractivity (Wildman–Crippen MR) is 80.1 cm³/mol. The van der Waals surface area contributed by atoms with Crippen LogP contribution in [0.1, 0.15) is 12.5 Å². The van der Waals surface area contributed by atoms with Crippen LogP contribution in [0.25, 0.3) is 11.1 Å². The van der Waals surface area contributed by atoms with Crippen molar-refractivity contribution >= 4 is 5.97 Å². The minimum Gasteiger partial charge on any atom is -0.465 e. The lowest BCUT2D eigenvalue weighted by Crippen LogP contribution is -2.34. The van der Waals surface area contributed by atoms with Crippen LogP contribution in [0.5, 0.6) is 0 Å². The molecule has 0 saturated heterocycles. The Labute approximate surface area is 127 Å². The van der Waals surface area contributed by atoms with E-state index in [1.807, 2.05) is 0 Å². The second kappa shape index (κ2) is 7.13. The molecule has 0 aliphatic rings. The van der Waals surface area contributed by atoms with Gasteiger partial charge in [-0.3, -0.25) is 4.79 Å². The molecule has 5 heteroatoms. The third-order valence-corrected chi connectivity index (χ3v) is 3.21. The summed E-state index contributed by atoms with van der Waals surface area (Å²) in [7, 11) is 0. The van der Waals surface area contributed by atoms with Crippen LogP contribution in [-0.2, 0) is 16.0 Å². The molecule has 2 aromatic carbocycles. The summed E-state index contributed by atoms with van der Waals surface area (Å²) in [6, 6.07) is 9.64. The monoisotopic (exact) mass is 305 g/mol. The van der Waals surface area contributed by atoms with Gasteiger partial charge in [0.15, 0.2) is 0 Å². The van der Waals surface area contributed by atoms with Crippen molar-refractivity contribution in [3.05, 3.63) is 59.7 Å². The third-order valence-electron chi connectivity index (χ3n) is 3.21. The van der Waals surface area contributed by atoms with Gasteiger partial charge in [-0.2, -0.15) is 0 Å². The lowest BCUT2D eigenvalue weighted by atomic mass is 9.99. The molecule has 0 aliphatic heterocycles. The first kappa shape index (κ1) is 16.1. The normalized spacial score (nSPS) is 12.0. The summed E-state index contributed by atoms with van der Waals surface area (Å²) in [4.78, 5) is 11.5. The van der Waals surface area contributed by atoms with Gasteiger partial charge >= 0.3 is 5.97 Å². The van der Waals surface area contributed by atoms with Gasteiger partial charge in [0, 0.05) is 11.6 Å². The average molecular weight is 305 g/mol. The van der Waals surface area contributed by atoms with Gasteiger partial charge < -0.3 is 10.5 Å². The Morgan fingerprint density at radius 1 is 1.23 bits per heavy atom. The summed E-state index contributed by atoms with van der Waals surface area (Å²) >= 11 is 0. The highest BCUT2D eigenvalue weighted by atomic mass is 19.1. The standard InChI is InChI=1S/C17H17F2NO2/c1-2-22-17(21)16(20)9-11-4-3-5-12(8-11)14-7-6-13(18)10-15(14)19/h3-8,10,16H,2,9,20H2,1H3/t16-/m1/s1. The van der Waals surface area contributed by atoms with Crippen LogP contribution in [0.3, 0.4) is 0 Å². The van der Waals surface area contributed by atoms with Crippen molar-refractivity contribution in [2.75, 3.05) is 6.61 Å². The molecule has 1 atom stereocenters. The van der Waals surface area contributed by atoms with Crippen LogP contribution in [0.15, 0.2) is 42.5 Å². The topological polar surface area (TPSA) is 52.3 Å². The Hall–Kier alpha value is -2.27. The van der Waals surface area contributed by atoms with E-state index < -0.39 is 23.6 Å². The van der Waals surface area contributed by atoms with Crippen molar-refractivity contribution in [2.45, 2.75) is 19.4 Å². The fraction of sp³-hybridized carbons (Fsp3) is 0.235. The molecule has 0 spiro atoms. The number of hydrogen-bond acceptors (Lipinski definition) is 3. The molecule has 22 heavy (non-hydrogen) atoms. The molecule has 0 aliphatic carbocycles. The second-order valence-corrected chi connectivity index (χ2v) is 4.89. The highest BCUT2D eigenvalue weighted by molar-refractivity contribution is 5.76. The minimum atomic E-state index is -0.770. The lowest BCUT2D eigenvalue weighted by Gasteiger charge is -2.12. The summed E-state index contributed by atoms with van der Waals surface area (Å²) < 4.78 is 31.6. The number of rotatable bonds is 5. The zero-order chi connectivity index (χ0) is 16.1. The van der Waals surface area contributed by atoms with E-state index in [1.54, 1.807) is 31.2 Å². The molecule has 0 heterocycles. The van der Waals surface area contributed by atoms with Gasteiger partial charge in [0.05, 0.1) is 6.61 Å². The number of esters is 1. The maximum Gasteiger partial charge on any atom is 0.323 e. The first-order chi connectivity index (χ1) is 10.5. The van der Waals surface area contributed by atoms with Crippen LogP contribution in [0.2, 0.25) is 0 Å². The number of hydrogen-bond donors (Lipinski definition) is 1. The summed E-state index contributed by atoms with van der Waals surface area (Å²) in [5.41, 5.74) is 7.46. The molecule has 116 valence electrons. The van der Waals surface area contributed by atoms with Gasteiger partial charge in [0.2, 0.25) is 0 Å². The summed E-state index contributed by atoms with van der Waals surface area (Å²) in [6.07, 6.45) is 0.287. The quantitative estimate of drug-likeness (QED) is 0.864. The van der Waals surface area contributed by atoms with Crippen molar-refractivity contribution in [2.24, 2.45) is 5.73 Å². The Morgan fingerprint density at radius 3 is 2.68 bits per heavy atom. The molecule has 0 amide bonds. The Bertz CT molecular complexity index is 673. The van der Waals surface area contributed by atoms with Crippen molar-refractivity contribution in [1.29, 1.82) is 0 Å². The Kier molecular flexibility index (Phi) is 5.22. The van der Waals surface area contributed by atoms with Crippen LogP contribution >= 0.6 is 0 Å². The Morgan fingerprint density at radius 2 is 2.00 bits per heavy atom. The molecule has 0 aromatic heterocycles. The molecule has 3 nitrogen and oxygen atoms in total. The number of carbonyl (C=O) groups excluding carboxylic acids is 1. The molecule has 0 fully saturated rings. The molecule has 2 rings (SSSR count). The first-order valence-electron chi connectivity index (χ1n) is 6.98. The zero-order valence-electron chi connectivity index (χ0n) is 12.2. The fourth-order valence-corrected chi connectivity index (χ4v) is 2.18. The van der Waals surface area contributed by atoms with Crippen LogP contribution in [0.4, 0.5) is 8.78 Å². The van der Waals surface area contributed by atoms with Gasteiger partial charge in [-0.1, -0.05) is 24.3 Å². The van der Waals surface area contributed by atoms with Crippen LogP contribution in [-0.4, -0.2) is 18.6 Å². The molecule has 2 aromatic rings. The summed E-state index contributed by atoms with van der Waals surface area (Å²) in [5.74, 6) is -1.73. The largest absolute Gasteiger partial charge is 0.465 e. The molecule has 0 bridgehead atoms. The Balaban J connectivity index is 2.21. The molecule has 0 radical (unpaired) electrons. The number of benzene rings is 2. The van der Waals surface area contributed by atoms with Gasteiger partial charge in [0.1, 0.15) is 17.7 Å². The number of nitrogens with two attached hydrogens (primary N) is 1. The number of halogens is 2. The van der Waals surface area contributed by atoms with Crippen LogP contribution < -0.4 is 5.73 Å². The SMILES string of the molecule is CCOC(=O)[C@H](N)Cc1cccc(-c2ccc(F)cc2F)c1. The van der Waals surface area contributed by atoms with Crippen molar-refractivity contribution in [1.82, 2.24) is 0 Å². The molecule has 0 unspecified atom stereocenters. The van der Waals surface area contributed by atoms with Crippen molar-refractivity contribution in [3.63, 3.8) is 0 Å². The smallest absolute Gasteiger partial charge is 0.323 e. The van der Waals surface area contributed by atoms with Gasteiger partial charge in [0.25, 0.3) is 0 Å². The van der Waals surface area contributed by atoms with E-state index in [1.165, 1.54) is 12.1 Å². The molecular weight excluding hydrogens is 288 g/mol. The van der Waals surface area contributed by atoms with E-state index >= 15 is 0 Å². The number of ether oxygens (including phenoxy) is 1. The van der Waals surface area contributed by atoms with E-state index in [4.69, 9.17) is 10.5 Å². The lowest BCUT2D eigenvalue weighted by molar-refractivity contribution is -0.144. The fourth-order valence-electron chi connectivity index (χ4n) is 2.18. The molecule has 2 N–H and O–H groups in total. The molecular formula is C17H17F2NO2. The highest BCUT2D eigenvalue weighted by Gasteiger charge is 2.15. The summed E-state index contributed by atoms with van der Waals surface area (Å²) in [5, 5.41) is 0. The predicted octanol–water partition coefficient (Wildman–Crippen LogP) is 3.06. The third kappa shape index (κ3) is 3.89. The van der Waals surface area contributed by atoms with E-state index in [0.29, 0.717) is 11.1 Å². The van der Waals surface area contributed by atoms with Gasteiger partial charge in [-0.25, -0.2) is 8.78 Å². The minimum absolute atomic E-state index is 0.271. The maximum absolute atomic E-state index is 13.8. The molecule has 0 saturated carbocycles. The van der Waals surface area contributed by atoms with E-state index in [0.717, 1.165) is 11.6 Å². The number of carbonyl (C=O) groups is 1. The maximum atomic E-state index is 13.8. The summed E-state index contributed by atoms with van der Waals surface area (Å²) in [6.45, 7) is 1.98. The van der Waals surface area contributed by atoms with E-state index in [-0.39, 0.29) is 13.0 Å². The first-order valence-corrected chi connectivity index (χ1v) is 6.98. The highest BCUT2D eigenvalue weighted by Crippen LogP contribution is 2.24. The van der Waals surface area contributed by atoms with Crippen molar-refractivity contribution in [3.8, 4) is 11.1 Å². The van der Waals surface area contributed by atoms with Crippen LogP contribution in [0, 0.1) is 11.6 Å².